The second kappa shape index (κ2) is 9.88. The van der Waals surface area contributed by atoms with E-state index in [9.17, 15) is 43.5 Å². The molecule has 1 saturated heterocycles. The maximum atomic E-state index is 14.4. The highest BCUT2D eigenvalue weighted by molar-refractivity contribution is 14.1. The normalized spacial score (nSPS) is 21.8. The maximum absolute atomic E-state index is 14.4. The van der Waals surface area contributed by atoms with Gasteiger partial charge in [0.1, 0.15) is 6.23 Å². The Morgan fingerprint density at radius 1 is 1.09 bits per heavy atom. The monoisotopic (exact) mass is 625 g/mol. The van der Waals surface area contributed by atoms with Gasteiger partial charge in [0.15, 0.2) is 6.29 Å². The third kappa shape index (κ3) is 5.95. The van der Waals surface area contributed by atoms with Crippen molar-refractivity contribution >= 4 is 38.7 Å². The molecule has 16 heteroatoms. The summed E-state index contributed by atoms with van der Waals surface area (Å²) in [6.07, 6.45) is -13.9. The average molecular weight is 625 g/mol. The highest BCUT2D eigenvalue weighted by Crippen LogP contribution is 2.50. The number of hydrogen-bond donors (Lipinski definition) is 0. The molecule has 0 aliphatic carbocycles. The smallest absolute Gasteiger partial charge is 0.351 e. The number of sulfonamides is 1. The zero-order chi connectivity index (χ0) is 25.3. The van der Waals surface area contributed by atoms with Crippen molar-refractivity contribution in [3.8, 4) is 0 Å². The summed E-state index contributed by atoms with van der Waals surface area (Å²) in [5.41, 5.74) is 0.447. The van der Waals surface area contributed by atoms with E-state index in [4.69, 9.17) is 9.47 Å². The molecule has 0 amide bonds. The Kier molecular flexibility index (Phi) is 8.43. The van der Waals surface area contributed by atoms with Gasteiger partial charge in [-0.05, 0) is 18.6 Å². The second-order valence-electron chi connectivity index (χ2n) is 6.41. The van der Waals surface area contributed by atoms with Crippen molar-refractivity contribution in [2.45, 2.75) is 40.8 Å². The van der Waals surface area contributed by atoms with Crippen molar-refractivity contribution in [3.63, 3.8) is 0 Å². The number of benzene rings is 1. The number of ether oxygens (including phenoxy) is 3. The summed E-state index contributed by atoms with van der Waals surface area (Å²) in [4.78, 5) is 0. The molecule has 1 fully saturated rings. The van der Waals surface area contributed by atoms with Gasteiger partial charge < -0.3 is 9.47 Å². The number of alkyl halides is 9. The molecule has 1 aliphatic heterocycles. The molecule has 0 aromatic heterocycles. The summed E-state index contributed by atoms with van der Waals surface area (Å²) in [6.45, 7) is 0.336. The van der Waals surface area contributed by atoms with Crippen molar-refractivity contribution in [1.82, 2.24) is 4.31 Å². The second-order valence-corrected chi connectivity index (χ2v) is 9.69. The third-order valence-corrected chi connectivity index (χ3v) is 6.56. The van der Waals surface area contributed by atoms with Gasteiger partial charge in [-0.1, -0.05) is 36.4 Å². The predicted molar refractivity (Wildman–Crippen MR) is 106 cm³/mol. The lowest BCUT2D eigenvalue weighted by atomic mass is 10.2. The summed E-state index contributed by atoms with van der Waals surface area (Å²) in [5.74, 6) is 0. The Morgan fingerprint density at radius 3 is 2.18 bits per heavy atom. The zero-order valence-electron chi connectivity index (χ0n) is 16.4. The molecule has 0 unspecified atom stereocenters. The first-order valence-electron chi connectivity index (χ1n) is 8.88. The lowest BCUT2D eigenvalue weighted by molar-refractivity contribution is -0.438. The molecule has 1 aromatic carbocycles. The van der Waals surface area contributed by atoms with Gasteiger partial charge in [-0.2, -0.15) is 39.4 Å². The minimum absolute atomic E-state index is 0.0830. The first-order valence-corrected chi connectivity index (χ1v) is 11.4. The Balaban J connectivity index is 2.40. The summed E-state index contributed by atoms with van der Waals surface area (Å²) in [5, 5.41) is -6.39. The van der Waals surface area contributed by atoms with Crippen LogP contribution in [0.3, 0.4) is 0 Å². The van der Waals surface area contributed by atoms with Crippen molar-refractivity contribution < 1.29 is 57.8 Å². The van der Waals surface area contributed by atoms with Crippen LogP contribution in [-0.4, -0.2) is 59.8 Å². The van der Waals surface area contributed by atoms with Crippen LogP contribution >= 0.6 is 22.6 Å². The van der Waals surface area contributed by atoms with Gasteiger partial charge in [-0.15, -0.1) is 0 Å². The number of halogens is 9. The molecular weight excluding hydrogens is 609 g/mol. The van der Waals surface area contributed by atoms with E-state index >= 15 is 0 Å². The molecule has 0 radical (unpaired) electrons. The van der Waals surface area contributed by atoms with E-state index in [0.717, 1.165) is 6.08 Å². The molecule has 1 heterocycles. The highest BCUT2D eigenvalue weighted by Gasteiger charge is 2.75. The minimum Gasteiger partial charge on any atom is -0.351 e. The fourth-order valence-corrected chi connectivity index (χ4v) is 3.96. The van der Waals surface area contributed by atoms with Gasteiger partial charge in [0.05, 0.1) is 6.54 Å². The summed E-state index contributed by atoms with van der Waals surface area (Å²) >= 11 is -0.314. The molecule has 188 valence electrons. The van der Waals surface area contributed by atoms with Crippen LogP contribution in [-0.2, 0) is 24.2 Å². The zero-order valence-corrected chi connectivity index (χ0v) is 19.4. The Labute approximate surface area is 196 Å². The first kappa shape index (κ1) is 28.2. The Morgan fingerprint density at radius 2 is 1.67 bits per heavy atom. The fraction of sp³-hybridized carbons (Fsp3) is 0.529. The van der Waals surface area contributed by atoms with Gasteiger partial charge in [0.25, 0.3) is 10.0 Å². The molecule has 6 nitrogen and oxygen atoms in total. The van der Waals surface area contributed by atoms with Crippen LogP contribution in [0.15, 0.2) is 36.4 Å². The van der Waals surface area contributed by atoms with Crippen molar-refractivity contribution in [3.05, 3.63) is 42.0 Å². The Hall–Kier alpha value is -1.08. The molecule has 2 atom stereocenters. The molecule has 2 rings (SSSR count). The van der Waals surface area contributed by atoms with Crippen molar-refractivity contribution in [2.75, 3.05) is 13.2 Å². The molecule has 0 N–H and O–H groups in total. The summed E-state index contributed by atoms with van der Waals surface area (Å²) < 4.78 is 140. The van der Waals surface area contributed by atoms with E-state index in [-0.39, 0.29) is 33.5 Å². The largest absolute Gasteiger partial charge is 0.449 e. The van der Waals surface area contributed by atoms with Crippen LogP contribution in [0.4, 0.5) is 35.1 Å². The maximum Gasteiger partial charge on any atom is 0.449 e. The number of hydrogen-bond acceptors (Lipinski definition) is 5. The van der Waals surface area contributed by atoms with Gasteiger partial charge >= 0.3 is 21.4 Å². The molecule has 33 heavy (non-hydrogen) atoms. The molecule has 0 bridgehead atoms. The Bertz CT molecular complexity index is 942. The van der Waals surface area contributed by atoms with E-state index in [0.29, 0.717) is 5.56 Å². The molecule has 1 aliphatic rings. The molecule has 0 spiro atoms. The van der Waals surface area contributed by atoms with Crippen molar-refractivity contribution in [2.24, 2.45) is 0 Å². The van der Waals surface area contributed by atoms with Crippen LogP contribution in [0.5, 0.6) is 0 Å². The van der Waals surface area contributed by atoms with E-state index in [1.807, 2.05) is 0 Å². The number of rotatable bonds is 10. The van der Waals surface area contributed by atoms with Gasteiger partial charge in [0.2, 0.25) is 0 Å². The van der Waals surface area contributed by atoms with Crippen LogP contribution in [0.2, 0.25) is 0 Å². The first-order chi connectivity index (χ1) is 15.0. The minimum atomic E-state index is -6.55. The topological polar surface area (TPSA) is 65.1 Å². The van der Waals surface area contributed by atoms with Gasteiger partial charge in [-0.25, -0.2) is 13.2 Å². The average Bonchev–Trinajstić information content (AvgIpc) is 3.09. The quantitative estimate of drug-likeness (QED) is 0.211. The molecular formula is C17H16F8INO5S. The van der Waals surface area contributed by atoms with Crippen LogP contribution in [0, 0.1) is 0 Å². The molecule has 1 aromatic rings. The number of nitrogens with zero attached hydrogens (tertiary/aromatic N) is 1. The van der Waals surface area contributed by atoms with E-state index in [2.05, 4.69) is 4.74 Å². The van der Waals surface area contributed by atoms with Crippen LogP contribution < -0.4 is 0 Å². The van der Waals surface area contributed by atoms with E-state index < -0.39 is 50.5 Å². The lowest BCUT2D eigenvalue weighted by Crippen LogP contribution is -2.58. The molecule has 0 saturated carbocycles. The van der Waals surface area contributed by atoms with Crippen LogP contribution in [0.1, 0.15) is 12.5 Å². The highest BCUT2D eigenvalue weighted by atomic mass is 127. The van der Waals surface area contributed by atoms with Gasteiger partial charge in [-0.3, -0.25) is 0 Å². The SMILES string of the molecule is CCO[C@H]1CN(S(=O)(=O)C(F)(F)C(F)(F)OC(F)(F)C(F)(F)I)[C@@H](/C=C/c2ccccc2)O1. The predicted octanol–water partition coefficient (Wildman–Crippen LogP) is 4.87. The van der Waals surface area contributed by atoms with Gasteiger partial charge in [0, 0.05) is 29.2 Å². The van der Waals surface area contributed by atoms with E-state index in [1.165, 1.54) is 25.1 Å². The standard InChI is InChI=1S/C17H16F8INO5S/c1-2-30-13-10-27(12(31-13)9-8-11-6-4-3-5-7-11)33(28,29)17(24,25)16(22,23)32-15(20,21)14(18,19)26/h3-9,12-13H,2,10H2,1H3/b9-8+/t12-,13-/m1/s1. The van der Waals surface area contributed by atoms with Crippen LogP contribution in [0.25, 0.3) is 6.08 Å². The van der Waals surface area contributed by atoms with E-state index in [1.54, 1.807) is 18.2 Å². The van der Waals surface area contributed by atoms with Crippen molar-refractivity contribution in [1.29, 1.82) is 0 Å². The third-order valence-electron chi connectivity index (χ3n) is 4.07. The fourth-order valence-electron chi connectivity index (χ4n) is 2.50. The lowest BCUT2D eigenvalue weighted by Gasteiger charge is -2.33. The summed E-state index contributed by atoms with van der Waals surface area (Å²) in [7, 11) is -6.53. The summed E-state index contributed by atoms with van der Waals surface area (Å²) in [6, 6.07) is 7.88.